The summed E-state index contributed by atoms with van der Waals surface area (Å²) in [6.07, 6.45) is -0.458. The monoisotopic (exact) mass is 260 g/mol. The molecule has 1 saturated carbocycles. The van der Waals surface area contributed by atoms with Crippen molar-refractivity contribution in [2.45, 2.75) is 43.9 Å². The van der Waals surface area contributed by atoms with Crippen LogP contribution in [0.25, 0.3) is 0 Å². The van der Waals surface area contributed by atoms with Crippen molar-refractivity contribution in [2.24, 2.45) is 5.73 Å². The largest absolute Gasteiger partial charge is 0.435 e. The van der Waals surface area contributed by atoms with Gasteiger partial charge in [0.2, 0.25) is 0 Å². The highest BCUT2D eigenvalue weighted by Gasteiger charge is 2.33. The van der Waals surface area contributed by atoms with Gasteiger partial charge in [-0.05, 0) is 25.0 Å². The summed E-state index contributed by atoms with van der Waals surface area (Å²) in [4.78, 5) is 0. The minimum Gasteiger partial charge on any atom is -0.364 e. The van der Waals surface area contributed by atoms with Crippen LogP contribution in [0.2, 0.25) is 0 Å². The number of halogens is 3. The molecule has 0 saturated heterocycles. The molecule has 18 heavy (non-hydrogen) atoms. The summed E-state index contributed by atoms with van der Waals surface area (Å²) in [6, 6.07) is 2.29. The van der Waals surface area contributed by atoms with E-state index < -0.39 is 11.9 Å². The number of rotatable bonds is 2. The molecule has 1 aromatic rings. The summed E-state index contributed by atoms with van der Waals surface area (Å²) in [5, 5.41) is 9.74. The molecule has 0 unspecified atom stereocenters. The second-order valence-corrected chi connectivity index (χ2v) is 4.50. The van der Waals surface area contributed by atoms with Gasteiger partial charge in [-0.1, -0.05) is 12.8 Å². The van der Waals surface area contributed by atoms with Crippen LogP contribution in [0, 0.1) is 0 Å². The number of aromatic nitrogens is 2. The zero-order valence-electron chi connectivity index (χ0n) is 9.74. The molecule has 1 heterocycles. The van der Waals surface area contributed by atoms with E-state index in [-0.39, 0.29) is 12.1 Å². The zero-order chi connectivity index (χ0) is 13.2. The summed E-state index contributed by atoms with van der Waals surface area (Å²) in [7, 11) is 0. The lowest BCUT2D eigenvalue weighted by molar-refractivity contribution is -0.141. The smallest absolute Gasteiger partial charge is 0.364 e. The minimum absolute atomic E-state index is 0.0165. The molecule has 0 spiro atoms. The van der Waals surface area contributed by atoms with E-state index in [1.165, 1.54) is 6.07 Å². The topological polar surface area (TPSA) is 63.8 Å². The van der Waals surface area contributed by atoms with Crippen LogP contribution in [0.4, 0.5) is 19.0 Å². The van der Waals surface area contributed by atoms with E-state index in [0.29, 0.717) is 5.82 Å². The second kappa shape index (κ2) is 5.09. The average Bonchev–Trinajstić information content (AvgIpc) is 2.32. The van der Waals surface area contributed by atoms with Crippen LogP contribution in [0.1, 0.15) is 31.4 Å². The average molecular weight is 260 g/mol. The molecule has 0 amide bonds. The Labute approximate surface area is 103 Å². The van der Waals surface area contributed by atoms with Gasteiger partial charge in [-0.15, -0.1) is 10.2 Å². The van der Waals surface area contributed by atoms with Gasteiger partial charge in [0.05, 0.1) is 0 Å². The highest BCUT2D eigenvalue weighted by molar-refractivity contribution is 5.35. The molecule has 0 aromatic carbocycles. The summed E-state index contributed by atoms with van der Waals surface area (Å²) >= 11 is 0. The molecule has 1 aliphatic carbocycles. The summed E-state index contributed by atoms with van der Waals surface area (Å²) in [6.45, 7) is 0. The van der Waals surface area contributed by atoms with E-state index in [0.717, 1.165) is 31.7 Å². The number of hydrogen-bond acceptors (Lipinski definition) is 4. The van der Waals surface area contributed by atoms with Crippen molar-refractivity contribution in [1.82, 2.24) is 10.2 Å². The Morgan fingerprint density at radius 2 is 1.89 bits per heavy atom. The Hall–Kier alpha value is -1.37. The van der Waals surface area contributed by atoms with Crippen LogP contribution in [-0.4, -0.2) is 22.3 Å². The SMILES string of the molecule is N[C@@H]1CCCC[C@H]1Nc1ccc(C(F)(F)F)nn1. The molecule has 1 fully saturated rings. The predicted octanol–water partition coefficient (Wildman–Crippen LogP) is 2.18. The minimum atomic E-state index is -4.45. The lowest BCUT2D eigenvalue weighted by Gasteiger charge is -2.29. The van der Waals surface area contributed by atoms with Crippen LogP contribution in [0.5, 0.6) is 0 Å². The van der Waals surface area contributed by atoms with Crippen LogP contribution in [-0.2, 0) is 6.18 Å². The molecular formula is C11H15F3N4. The maximum atomic E-state index is 12.3. The third kappa shape index (κ3) is 3.10. The lowest BCUT2D eigenvalue weighted by Crippen LogP contribution is -2.42. The standard InChI is InChI=1S/C11H15F3N4/c12-11(13,14)9-5-6-10(18-17-9)16-8-4-2-1-3-7(8)15/h5-8H,1-4,15H2,(H,16,18)/t7-,8-/m1/s1. The van der Waals surface area contributed by atoms with E-state index in [1.807, 2.05) is 0 Å². The zero-order valence-corrected chi connectivity index (χ0v) is 9.74. The molecule has 0 radical (unpaired) electrons. The van der Waals surface area contributed by atoms with E-state index in [2.05, 4.69) is 15.5 Å². The Kier molecular flexibility index (Phi) is 3.70. The number of nitrogens with two attached hydrogens (primary N) is 1. The lowest BCUT2D eigenvalue weighted by atomic mass is 9.91. The van der Waals surface area contributed by atoms with Crippen LogP contribution >= 0.6 is 0 Å². The van der Waals surface area contributed by atoms with Gasteiger partial charge in [0.15, 0.2) is 5.69 Å². The fourth-order valence-corrected chi connectivity index (χ4v) is 2.09. The van der Waals surface area contributed by atoms with Gasteiger partial charge in [-0.3, -0.25) is 0 Å². The number of hydrogen-bond donors (Lipinski definition) is 2. The number of nitrogens with zero attached hydrogens (tertiary/aromatic N) is 2. The molecule has 4 nitrogen and oxygen atoms in total. The predicted molar refractivity (Wildman–Crippen MR) is 60.9 cm³/mol. The van der Waals surface area contributed by atoms with Gasteiger partial charge in [0.1, 0.15) is 5.82 Å². The fourth-order valence-electron chi connectivity index (χ4n) is 2.09. The molecule has 1 aromatic heterocycles. The van der Waals surface area contributed by atoms with Crippen LogP contribution in [0.3, 0.4) is 0 Å². The highest BCUT2D eigenvalue weighted by atomic mass is 19.4. The van der Waals surface area contributed by atoms with E-state index in [4.69, 9.17) is 5.73 Å². The third-order valence-electron chi connectivity index (χ3n) is 3.11. The molecular weight excluding hydrogens is 245 g/mol. The first-order valence-corrected chi connectivity index (χ1v) is 5.90. The second-order valence-electron chi connectivity index (χ2n) is 4.50. The number of alkyl halides is 3. The van der Waals surface area contributed by atoms with E-state index in [1.54, 1.807) is 0 Å². The summed E-state index contributed by atoms with van der Waals surface area (Å²) < 4.78 is 36.9. The quantitative estimate of drug-likeness (QED) is 0.855. The Morgan fingerprint density at radius 3 is 2.44 bits per heavy atom. The third-order valence-corrected chi connectivity index (χ3v) is 3.11. The molecule has 100 valence electrons. The Morgan fingerprint density at radius 1 is 1.17 bits per heavy atom. The van der Waals surface area contributed by atoms with Gasteiger partial charge in [-0.2, -0.15) is 13.2 Å². The maximum Gasteiger partial charge on any atom is 0.435 e. The molecule has 0 aliphatic heterocycles. The summed E-state index contributed by atoms with van der Waals surface area (Å²) in [5.41, 5.74) is 4.95. The highest BCUT2D eigenvalue weighted by Crippen LogP contribution is 2.27. The van der Waals surface area contributed by atoms with E-state index in [9.17, 15) is 13.2 Å². The van der Waals surface area contributed by atoms with E-state index >= 15 is 0 Å². The molecule has 1 aliphatic rings. The first-order chi connectivity index (χ1) is 8.47. The Bertz CT molecular complexity index is 390. The van der Waals surface area contributed by atoms with Gasteiger partial charge in [-0.25, -0.2) is 0 Å². The molecule has 3 N–H and O–H groups in total. The van der Waals surface area contributed by atoms with Crippen molar-refractivity contribution in [3.05, 3.63) is 17.8 Å². The molecule has 2 atom stereocenters. The molecule has 0 bridgehead atoms. The molecule has 7 heteroatoms. The van der Waals surface area contributed by atoms with Gasteiger partial charge >= 0.3 is 6.18 Å². The maximum absolute atomic E-state index is 12.3. The van der Waals surface area contributed by atoms with Gasteiger partial charge < -0.3 is 11.1 Å². The van der Waals surface area contributed by atoms with Crippen molar-refractivity contribution in [3.63, 3.8) is 0 Å². The van der Waals surface area contributed by atoms with Crippen LogP contribution in [0.15, 0.2) is 12.1 Å². The van der Waals surface area contributed by atoms with Crippen molar-refractivity contribution < 1.29 is 13.2 Å². The fraction of sp³-hybridized carbons (Fsp3) is 0.636. The number of anilines is 1. The Balaban J connectivity index is 2.02. The normalized spacial score (nSPS) is 24.9. The first kappa shape index (κ1) is 13.1. The van der Waals surface area contributed by atoms with Gasteiger partial charge in [0, 0.05) is 12.1 Å². The van der Waals surface area contributed by atoms with Crippen molar-refractivity contribution in [1.29, 1.82) is 0 Å². The van der Waals surface area contributed by atoms with Crippen molar-refractivity contribution in [3.8, 4) is 0 Å². The number of nitrogens with one attached hydrogen (secondary N) is 1. The molecule has 2 rings (SSSR count). The van der Waals surface area contributed by atoms with Crippen molar-refractivity contribution in [2.75, 3.05) is 5.32 Å². The van der Waals surface area contributed by atoms with Crippen LogP contribution < -0.4 is 11.1 Å². The summed E-state index contributed by atoms with van der Waals surface area (Å²) in [5.74, 6) is 0.338. The van der Waals surface area contributed by atoms with Gasteiger partial charge in [0.25, 0.3) is 0 Å². The first-order valence-electron chi connectivity index (χ1n) is 5.90. The van der Waals surface area contributed by atoms with Crippen molar-refractivity contribution >= 4 is 5.82 Å².